The Bertz CT molecular complexity index is 789. The van der Waals surface area contributed by atoms with E-state index < -0.39 is 5.63 Å². The van der Waals surface area contributed by atoms with E-state index in [4.69, 9.17) is 9.47 Å². The Morgan fingerprint density at radius 2 is 2.24 bits per heavy atom. The van der Waals surface area contributed by atoms with Crippen LogP contribution < -0.4 is 25.7 Å². The van der Waals surface area contributed by atoms with Gasteiger partial charge in [-0.15, -0.1) is 0 Å². The van der Waals surface area contributed by atoms with Crippen LogP contribution in [0.4, 0.5) is 0 Å². The molecule has 1 heterocycles. The Balaban J connectivity index is 2.55. The minimum atomic E-state index is -0.470. The van der Waals surface area contributed by atoms with Gasteiger partial charge in [0.25, 0.3) is 0 Å². The highest BCUT2D eigenvalue weighted by Gasteiger charge is 2.11. The second-order valence-electron chi connectivity index (χ2n) is 4.16. The zero-order chi connectivity index (χ0) is 15.4. The van der Waals surface area contributed by atoms with Crippen molar-refractivity contribution in [2.45, 2.75) is 0 Å². The summed E-state index contributed by atoms with van der Waals surface area (Å²) in [5, 5.41) is 3.21. The number of rotatable bonds is 5. The monoisotopic (exact) mass is 351 g/mol. The molecule has 0 aliphatic heterocycles. The predicted molar refractivity (Wildman–Crippen MR) is 84.1 cm³/mol. The van der Waals surface area contributed by atoms with Gasteiger partial charge in [0.1, 0.15) is 6.61 Å². The maximum atomic E-state index is 11.5. The lowest BCUT2D eigenvalue weighted by molar-refractivity contribution is 0.324. The predicted octanol–water partition coefficient (Wildman–Crippen LogP) is 1.54. The lowest BCUT2D eigenvalue weighted by Crippen LogP contribution is -2.31. The topological polar surface area (TPSA) is 64.5 Å². The number of benzene rings is 1. The van der Waals surface area contributed by atoms with E-state index in [0.717, 1.165) is 5.56 Å². The Labute approximate surface area is 129 Å². The second kappa shape index (κ2) is 6.49. The molecule has 0 bridgehead atoms. The summed E-state index contributed by atoms with van der Waals surface area (Å²) in [5.74, 6) is 1.12. The zero-order valence-electron chi connectivity index (χ0n) is 11.4. The van der Waals surface area contributed by atoms with Crippen molar-refractivity contribution in [3.63, 3.8) is 0 Å². The molecule has 0 saturated heterocycles. The molecule has 5 nitrogen and oxygen atoms in total. The van der Waals surface area contributed by atoms with E-state index in [9.17, 15) is 4.79 Å². The molecule has 0 amide bonds. The van der Waals surface area contributed by atoms with Gasteiger partial charge in [0.2, 0.25) is 0 Å². The molecule has 2 rings (SSSR count). The highest BCUT2D eigenvalue weighted by Crippen LogP contribution is 2.36. The van der Waals surface area contributed by atoms with Crippen molar-refractivity contribution < 1.29 is 14.0 Å². The van der Waals surface area contributed by atoms with Gasteiger partial charge < -0.3 is 14.0 Å². The molecule has 2 aromatic rings. The van der Waals surface area contributed by atoms with E-state index in [-0.39, 0.29) is 0 Å². The smallest absolute Gasteiger partial charge is 0.365 e. The molecular formula is C15H14BrNO4. The molecule has 0 saturated carbocycles. The van der Waals surface area contributed by atoms with Gasteiger partial charge in [0.15, 0.2) is 11.5 Å². The maximum Gasteiger partial charge on any atom is 0.365 e. The summed E-state index contributed by atoms with van der Waals surface area (Å²) in [6.07, 6.45) is 3.31. The van der Waals surface area contributed by atoms with Crippen LogP contribution in [0.25, 0.3) is 12.7 Å². The summed E-state index contributed by atoms with van der Waals surface area (Å²) in [4.78, 5) is 11.5. The van der Waals surface area contributed by atoms with Gasteiger partial charge in [-0.3, -0.25) is 0 Å². The maximum absolute atomic E-state index is 11.5. The van der Waals surface area contributed by atoms with Crippen molar-refractivity contribution in [2.75, 3.05) is 13.7 Å². The fourth-order valence-corrected chi connectivity index (χ4v) is 2.33. The number of hydrogen-bond donors (Lipinski definition) is 1. The summed E-state index contributed by atoms with van der Waals surface area (Å²) in [6.45, 7) is 7.67. The van der Waals surface area contributed by atoms with Crippen molar-refractivity contribution in [1.29, 1.82) is 0 Å². The average molecular weight is 352 g/mol. The minimum absolute atomic E-state index is 0.364. The molecule has 1 aromatic carbocycles. The molecule has 0 radical (unpaired) electrons. The molecule has 1 aromatic heterocycles. The van der Waals surface area contributed by atoms with Crippen molar-refractivity contribution in [2.24, 2.45) is 0 Å². The normalized spacial score (nSPS) is 11.4. The van der Waals surface area contributed by atoms with Crippen molar-refractivity contribution in [3.05, 3.63) is 55.8 Å². The molecule has 21 heavy (non-hydrogen) atoms. The van der Waals surface area contributed by atoms with Gasteiger partial charge in [0, 0.05) is 0 Å². The van der Waals surface area contributed by atoms with Crippen LogP contribution in [0.2, 0.25) is 0 Å². The first-order valence-corrected chi connectivity index (χ1v) is 6.85. The molecule has 6 heteroatoms. The van der Waals surface area contributed by atoms with Crippen LogP contribution >= 0.6 is 15.9 Å². The highest BCUT2D eigenvalue weighted by molar-refractivity contribution is 9.10. The molecule has 1 N–H and O–H groups in total. The Morgan fingerprint density at radius 1 is 1.48 bits per heavy atom. The quantitative estimate of drug-likeness (QED) is 0.830. The molecule has 110 valence electrons. The first kappa shape index (κ1) is 15.2. The fraction of sp³-hybridized carbons (Fsp3) is 0.133. The standard InChI is InChI=1S/C15H14BrNO4/c1-4-5-20-14-12(16)7-10(8-13(14)19-3)6-11-9(2)17-21-15(11)18/h4,6-8,17H,1-2,5H2,3H3/b11-6-. The number of aromatic nitrogens is 1. The van der Waals surface area contributed by atoms with Crippen LogP contribution in [0.5, 0.6) is 11.5 Å². The summed E-state index contributed by atoms with van der Waals surface area (Å²) in [5.41, 5.74) is 0.281. The van der Waals surface area contributed by atoms with Crippen LogP contribution in [0.15, 0.2) is 38.6 Å². The Morgan fingerprint density at radius 3 is 2.81 bits per heavy atom. The van der Waals surface area contributed by atoms with E-state index in [1.165, 1.54) is 0 Å². The number of aromatic amines is 1. The zero-order valence-corrected chi connectivity index (χ0v) is 13.0. The summed E-state index contributed by atoms with van der Waals surface area (Å²) < 4.78 is 16.2. The van der Waals surface area contributed by atoms with Crippen LogP contribution in [-0.4, -0.2) is 18.9 Å². The number of ether oxygens (including phenoxy) is 2. The number of H-pyrrole nitrogens is 1. The van der Waals surface area contributed by atoms with E-state index in [1.54, 1.807) is 25.3 Å². The van der Waals surface area contributed by atoms with Crippen molar-refractivity contribution in [1.82, 2.24) is 5.16 Å². The number of hydrogen-bond acceptors (Lipinski definition) is 4. The van der Waals surface area contributed by atoms with Crippen LogP contribution in [0.1, 0.15) is 5.56 Å². The highest BCUT2D eigenvalue weighted by atomic mass is 79.9. The average Bonchev–Trinajstić information content (AvgIpc) is 2.77. The Kier molecular flexibility index (Phi) is 4.70. The summed E-state index contributed by atoms with van der Waals surface area (Å²) >= 11 is 3.43. The molecule has 0 aliphatic rings. The summed E-state index contributed by atoms with van der Waals surface area (Å²) in [6, 6.07) is 3.57. The molecule has 0 unspecified atom stereocenters. The van der Waals surface area contributed by atoms with Crippen LogP contribution in [-0.2, 0) is 0 Å². The largest absolute Gasteiger partial charge is 0.493 e. The number of nitrogens with one attached hydrogen (secondary N) is 1. The van der Waals surface area contributed by atoms with Gasteiger partial charge in [-0.05, 0) is 39.7 Å². The fourth-order valence-electron chi connectivity index (χ4n) is 1.76. The third-order valence-electron chi connectivity index (χ3n) is 2.72. The number of halogens is 1. The van der Waals surface area contributed by atoms with E-state index in [1.807, 2.05) is 6.07 Å². The van der Waals surface area contributed by atoms with Gasteiger partial charge in [-0.2, -0.15) is 0 Å². The lowest BCUT2D eigenvalue weighted by Gasteiger charge is -2.12. The Hall–Kier alpha value is -2.21. The minimum Gasteiger partial charge on any atom is -0.493 e. The molecule has 0 spiro atoms. The summed E-state index contributed by atoms with van der Waals surface area (Å²) in [7, 11) is 1.55. The molecule has 0 fully saturated rings. The van der Waals surface area contributed by atoms with Gasteiger partial charge in [-0.1, -0.05) is 19.2 Å². The van der Waals surface area contributed by atoms with E-state index >= 15 is 0 Å². The van der Waals surface area contributed by atoms with Gasteiger partial charge >= 0.3 is 5.63 Å². The van der Waals surface area contributed by atoms with Crippen molar-refractivity contribution >= 4 is 28.6 Å². The molecule has 0 atom stereocenters. The molecule has 0 aliphatic carbocycles. The van der Waals surface area contributed by atoms with Gasteiger partial charge in [-0.25, -0.2) is 9.95 Å². The third-order valence-corrected chi connectivity index (χ3v) is 3.31. The second-order valence-corrected chi connectivity index (χ2v) is 5.02. The van der Waals surface area contributed by atoms with Gasteiger partial charge in [0.05, 0.1) is 22.2 Å². The first-order valence-electron chi connectivity index (χ1n) is 6.06. The third kappa shape index (κ3) is 3.28. The van der Waals surface area contributed by atoms with Crippen LogP contribution in [0, 0.1) is 0 Å². The SMILES string of the molecule is C=CCOc1c(Br)cc(/C=c2/c(=C)[nH]oc2=O)cc1OC. The first-order chi connectivity index (χ1) is 10.1. The molecular weight excluding hydrogens is 338 g/mol. The number of methoxy groups -OCH3 is 1. The van der Waals surface area contributed by atoms with E-state index in [0.29, 0.717) is 33.1 Å². The van der Waals surface area contributed by atoms with E-state index in [2.05, 4.69) is 38.8 Å². The van der Waals surface area contributed by atoms with Crippen LogP contribution in [0.3, 0.4) is 0 Å². The lowest BCUT2D eigenvalue weighted by atomic mass is 10.1. The van der Waals surface area contributed by atoms with Crippen molar-refractivity contribution in [3.8, 4) is 11.5 Å².